The van der Waals surface area contributed by atoms with Crippen LogP contribution in [0.1, 0.15) is 76.9 Å². The molecule has 6 rings (SSSR count). The average molecular weight is 570 g/mol. The number of hydrogen-bond acceptors (Lipinski definition) is 8. The van der Waals surface area contributed by atoms with Gasteiger partial charge in [0.25, 0.3) is 5.91 Å². The van der Waals surface area contributed by atoms with Gasteiger partial charge in [-0.2, -0.15) is 10.0 Å². The van der Waals surface area contributed by atoms with Crippen LogP contribution >= 0.6 is 23.5 Å². The zero-order valence-corrected chi connectivity index (χ0v) is 24.4. The molecule has 1 amide bonds. The van der Waals surface area contributed by atoms with E-state index in [1.807, 2.05) is 12.1 Å². The molecule has 10 heteroatoms. The Morgan fingerprint density at radius 1 is 1.08 bits per heavy atom. The van der Waals surface area contributed by atoms with Crippen LogP contribution in [0.15, 0.2) is 37.3 Å². The lowest BCUT2D eigenvalue weighted by molar-refractivity contribution is -0.114. The largest absolute Gasteiger partial charge is 0.451 e. The summed E-state index contributed by atoms with van der Waals surface area (Å²) in [6, 6.07) is 3.79. The monoisotopic (exact) mass is 569 g/mol. The van der Waals surface area contributed by atoms with Crippen molar-refractivity contribution in [3.8, 4) is 0 Å². The molecule has 1 N–H and O–H groups in total. The molecule has 1 aliphatic carbocycles. The first-order chi connectivity index (χ1) is 19.0. The molecule has 0 bridgehead atoms. The summed E-state index contributed by atoms with van der Waals surface area (Å²) in [5, 5.41) is 16.9. The lowest BCUT2D eigenvalue weighted by Gasteiger charge is -2.30. The number of amidine groups is 3. The summed E-state index contributed by atoms with van der Waals surface area (Å²) in [6.07, 6.45) is 14.9. The molecule has 0 spiro atoms. The fourth-order valence-electron chi connectivity index (χ4n) is 6.25. The van der Waals surface area contributed by atoms with Crippen LogP contribution in [0.5, 0.6) is 0 Å². The number of carbonyl (C=O) groups excluding carboxylic acids is 1. The van der Waals surface area contributed by atoms with Gasteiger partial charge in [-0.1, -0.05) is 63.6 Å². The number of thioether (sulfide) groups is 2. The van der Waals surface area contributed by atoms with Crippen LogP contribution in [0.3, 0.4) is 0 Å². The SMILES string of the molecule is CC1CCN(C2=NN3C(=N)/C(=C\c4ccc(SCC5CC(C6CCCCCCC6)CO5)o4)C(=O)N=C3S2)CC1. The van der Waals surface area contributed by atoms with Crippen LogP contribution in [0, 0.1) is 23.2 Å². The number of furan rings is 1. The predicted molar refractivity (Wildman–Crippen MR) is 158 cm³/mol. The first-order valence-corrected chi connectivity index (χ1v) is 16.4. The summed E-state index contributed by atoms with van der Waals surface area (Å²) < 4.78 is 12.2. The number of hydrazone groups is 1. The molecule has 5 aliphatic rings. The third kappa shape index (κ3) is 6.33. The number of hydrogen-bond donors (Lipinski definition) is 1. The Morgan fingerprint density at radius 2 is 1.85 bits per heavy atom. The summed E-state index contributed by atoms with van der Waals surface area (Å²) in [5.41, 5.74) is 0.198. The van der Waals surface area contributed by atoms with Crippen molar-refractivity contribution >= 4 is 51.7 Å². The van der Waals surface area contributed by atoms with Gasteiger partial charge in [0.1, 0.15) is 5.76 Å². The quantitative estimate of drug-likeness (QED) is 0.322. The van der Waals surface area contributed by atoms with Gasteiger partial charge in [0.15, 0.2) is 16.1 Å². The number of carbonyl (C=O) groups is 1. The molecular weight excluding hydrogens is 530 g/mol. The second-order valence-corrected chi connectivity index (χ2v) is 13.6. The molecule has 210 valence electrons. The fourth-order valence-corrected chi connectivity index (χ4v) is 8.10. The lowest BCUT2D eigenvalue weighted by Crippen LogP contribution is -2.36. The fraction of sp³-hybridized carbons (Fsp3) is 0.655. The highest BCUT2D eigenvalue weighted by Crippen LogP contribution is 2.37. The smallest absolute Gasteiger partial charge is 0.283 e. The first-order valence-electron chi connectivity index (χ1n) is 14.6. The maximum absolute atomic E-state index is 12.8. The van der Waals surface area contributed by atoms with Crippen LogP contribution in [-0.2, 0) is 9.53 Å². The molecule has 2 atom stereocenters. The van der Waals surface area contributed by atoms with Crippen LogP contribution < -0.4 is 0 Å². The van der Waals surface area contributed by atoms with E-state index in [4.69, 9.17) is 14.6 Å². The van der Waals surface area contributed by atoms with Crippen molar-refractivity contribution in [3.63, 3.8) is 0 Å². The normalized spacial score (nSPS) is 28.5. The number of ether oxygens (including phenoxy) is 1. The van der Waals surface area contributed by atoms with Crippen LogP contribution in [0.25, 0.3) is 6.08 Å². The van der Waals surface area contributed by atoms with Crippen molar-refractivity contribution < 1.29 is 13.9 Å². The van der Waals surface area contributed by atoms with Gasteiger partial charge >= 0.3 is 0 Å². The number of aliphatic imine (C=N–C) groups is 1. The van der Waals surface area contributed by atoms with Gasteiger partial charge in [0.05, 0.1) is 18.3 Å². The average Bonchev–Trinajstić information content (AvgIpc) is 3.66. The highest BCUT2D eigenvalue weighted by molar-refractivity contribution is 8.26. The molecule has 1 aromatic heterocycles. The summed E-state index contributed by atoms with van der Waals surface area (Å²) in [6.45, 7) is 5.06. The molecule has 1 aromatic rings. The van der Waals surface area contributed by atoms with Crippen LogP contribution in [0.2, 0.25) is 0 Å². The lowest BCUT2D eigenvalue weighted by atomic mass is 9.81. The standard InChI is InChI=1S/C29H39N5O3S2/c1-19-11-13-33(14-12-19)29-32-34-26(30)24(27(35)31-28(34)39-29)16-22-9-10-25(37-22)38-18-23-15-21(17-36-23)20-7-5-3-2-4-6-8-20/h9-10,16,19-21,23,30H,2-8,11-15,17-18H2,1H3/b24-16+,30-26?. The summed E-state index contributed by atoms with van der Waals surface area (Å²) in [4.78, 5) is 19.3. The predicted octanol–water partition coefficient (Wildman–Crippen LogP) is 6.45. The number of nitrogens with one attached hydrogen (secondary N) is 1. The maximum Gasteiger partial charge on any atom is 0.283 e. The molecule has 5 heterocycles. The Hall–Kier alpha value is -2.04. The molecule has 8 nitrogen and oxygen atoms in total. The van der Waals surface area contributed by atoms with Gasteiger partial charge in [-0.05, 0) is 67.0 Å². The molecule has 1 saturated carbocycles. The van der Waals surface area contributed by atoms with E-state index in [0.29, 0.717) is 16.8 Å². The Balaban J connectivity index is 1.04. The van der Waals surface area contributed by atoms with E-state index in [9.17, 15) is 4.79 Å². The van der Waals surface area contributed by atoms with E-state index in [-0.39, 0.29) is 17.5 Å². The molecule has 39 heavy (non-hydrogen) atoms. The van der Waals surface area contributed by atoms with Gasteiger partial charge < -0.3 is 14.1 Å². The zero-order chi connectivity index (χ0) is 26.8. The minimum absolute atomic E-state index is 0.0445. The summed E-state index contributed by atoms with van der Waals surface area (Å²) in [7, 11) is 0. The molecule has 4 aliphatic heterocycles. The molecule has 0 aromatic carbocycles. The van der Waals surface area contributed by atoms with E-state index >= 15 is 0 Å². The molecule has 2 unspecified atom stereocenters. The summed E-state index contributed by atoms with van der Waals surface area (Å²) >= 11 is 3.04. The number of rotatable bonds is 5. The topological polar surface area (TPSA) is 94.5 Å². The second kappa shape index (κ2) is 12.2. The minimum Gasteiger partial charge on any atom is -0.451 e. The second-order valence-electron chi connectivity index (χ2n) is 11.6. The number of likely N-dealkylation sites (tertiary alicyclic amines) is 1. The zero-order valence-electron chi connectivity index (χ0n) is 22.8. The van der Waals surface area contributed by atoms with Crippen molar-refractivity contribution in [1.29, 1.82) is 5.41 Å². The number of amides is 1. The van der Waals surface area contributed by atoms with Crippen LogP contribution in [-0.4, -0.2) is 63.5 Å². The van der Waals surface area contributed by atoms with Crippen molar-refractivity contribution in [2.45, 2.75) is 82.3 Å². The third-order valence-electron chi connectivity index (χ3n) is 8.73. The van der Waals surface area contributed by atoms with Crippen LogP contribution in [0.4, 0.5) is 0 Å². The first kappa shape index (κ1) is 27.1. The van der Waals surface area contributed by atoms with Gasteiger partial charge in [-0.3, -0.25) is 10.2 Å². The Morgan fingerprint density at radius 3 is 2.64 bits per heavy atom. The minimum atomic E-state index is -0.423. The third-order valence-corrected chi connectivity index (χ3v) is 10.7. The van der Waals surface area contributed by atoms with Crippen molar-refractivity contribution in [2.75, 3.05) is 25.4 Å². The van der Waals surface area contributed by atoms with E-state index < -0.39 is 5.91 Å². The van der Waals surface area contributed by atoms with Gasteiger partial charge in [0, 0.05) is 18.8 Å². The van der Waals surface area contributed by atoms with Gasteiger partial charge in [0.2, 0.25) is 5.17 Å². The number of piperidine rings is 1. The number of nitrogens with zero attached hydrogens (tertiary/aromatic N) is 4. The van der Waals surface area contributed by atoms with E-state index in [0.717, 1.165) is 66.8 Å². The summed E-state index contributed by atoms with van der Waals surface area (Å²) in [5.74, 6) is 3.28. The number of fused-ring (bicyclic) bond motifs is 1. The Kier molecular flexibility index (Phi) is 8.51. The van der Waals surface area contributed by atoms with E-state index in [1.54, 1.807) is 17.8 Å². The van der Waals surface area contributed by atoms with Crippen molar-refractivity contribution in [3.05, 3.63) is 23.5 Å². The van der Waals surface area contributed by atoms with Gasteiger partial charge in [-0.15, -0.1) is 5.10 Å². The van der Waals surface area contributed by atoms with Gasteiger partial charge in [-0.25, -0.2) is 0 Å². The van der Waals surface area contributed by atoms with Crippen molar-refractivity contribution in [1.82, 2.24) is 9.91 Å². The van der Waals surface area contributed by atoms with E-state index in [2.05, 4.69) is 21.9 Å². The van der Waals surface area contributed by atoms with E-state index in [1.165, 1.54) is 61.7 Å². The molecule has 3 fully saturated rings. The maximum atomic E-state index is 12.8. The molecule has 2 saturated heterocycles. The molecule has 0 radical (unpaired) electrons. The molecular formula is C29H39N5O3S2. The Bertz CT molecular complexity index is 1160. The highest BCUT2D eigenvalue weighted by atomic mass is 32.2. The highest BCUT2D eigenvalue weighted by Gasteiger charge is 2.38. The Labute approximate surface area is 239 Å². The van der Waals surface area contributed by atoms with Crippen molar-refractivity contribution in [2.24, 2.45) is 27.8 Å².